The highest BCUT2D eigenvalue weighted by Crippen LogP contribution is 2.32. The van der Waals surface area contributed by atoms with Gasteiger partial charge in [-0.15, -0.1) is 0 Å². The van der Waals surface area contributed by atoms with Gasteiger partial charge in [-0.05, 0) is 38.6 Å². The van der Waals surface area contributed by atoms with Gasteiger partial charge in [-0.25, -0.2) is 9.98 Å². The molecule has 1 aromatic carbocycles. The number of rotatable bonds is 4. The largest absolute Gasteiger partial charge is 0.546 e. The summed E-state index contributed by atoms with van der Waals surface area (Å²) in [5.41, 5.74) is 3.76. The monoisotopic (exact) mass is 273 g/mol. The van der Waals surface area contributed by atoms with Crippen molar-refractivity contribution >= 4 is 20.4 Å². The lowest BCUT2D eigenvalue weighted by Gasteiger charge is -2.13. The van der Waals surface area contributed by atoms with E-state index in [0.717, 1.165) is 28.4 Å². The minimum Gasteiger partial charge on any atom is -0.546 e. The van der Waals surface area contributed by atoms with Crippen LogP contribution in [0.2, 0.25) is 13.1 Å². The van der Waals surface area contributed by atoms with E-state index in [9.17, 15) is 0 Å². The number of aromatic nitrogens is 2. The average molecular weight is 273 g/mol. The van der Waals surface area contributed by atoms with Crippen molar-refractivity contribution in [2.45, 2.75) is 26.9 Å². The first kappa shape index (κ1) is 13.5. The van der Waals surface area contributed by atoms with Crippen molar-refractivity contribution < 1.29 is 4.43 Å². The van der Waals surface area contributed by atoms with Crippen molar-refractivity contribution in [3.8, 4) is 5.75 Å². The van der Waals surface area contributed by atoms with Crippen LogP contribution < -0.4 is 4.43 Å². The fraction of sp³-hybridized carbons (Fsp3) is 0.286. The third-order valence-corrected chi connectivity index (χ3v) is 3.44. The first-order valence-electron chi connectivity index (χ1n) is 6.38. The van der Waals surface area contributed by atoms with Gasteiger partial charge in [-0.2, -0.15) is 0 Å². The van der Waals surface area contributed by atoms with Crippen LogP contribution in [0, 0.1) is 6.92 Å². The third kappa shape index (κ3) is 3.32. The molecule has 1 aromatic heterocycles. The first-order valence-corrected chi connectivity index (χ1v) is 9.16. The number of aromatic amines is 1. The third-order valence-electron chi connectivity index (χ3n) is 2.71. The number of para-hydroxylation sites is 1. The summed E-state index contributed by atoms with van der Waals surface area (Å²) in [7, 11) is -1.14. The van der Waals surface area contributed by atoms with Gasteiger partial charge in [0, 0.05) is 6.20 Å². The number of imidazole rings is 1. The van der Waals surface area contributed by atoms with E-state index in [2.05, 4.69) is 28.1 Å². The maximum absolute atomic E-state index is 5.95. The summed E-state index contributed by atoms with van der Waals surface area (Å²) in [6, 6.07) is 6.03. The Morgan fingerprint density at radius 3 is 2.79 bits per heavy atom. The Balaban J connectivity index is 2.41. The summed E-state index contributed by atoms with van der Waals surface area (Å²) in [4.78, 5) is 11.8. The average Bonchev–Trinajstić information content (AvgIpc) is 2.86. The molecule has 0 bridgehead atoms. The highest BCUT2D eigenvalue weighted by molar-refractivity contribution is 6.49. The Hall–Kier alpha value is -1.88. The van der Waals surface area contributed by atoms with Crippen LogP contribution in [-0.2, 0) is 0 Å². The lowest BCUT2D eigenvalue weighted by molar-refractivity contribution is 0.581. The predicted molar refractivity (Wildman–Crippen MR) is 81.1 cm³/mol. The van der Waals surface area contributed by atoms with Crippen LogP contribution in [0.1, 0.15) is 18.2 Å². The number of aryl methyl sites for hydroxylation is 1. The highest BCUT2D eigenvalue weighted by atomic mass is 28.3. The van der Waals surface area contributed by atoms with Crippen molar-refractivity contribution in [1.29, 1.82) is 0 Å². The second kappa shape index (κ2) is 5.84. The van der Waals surface area contributed by atoms with Gasteiger partial charge in [0.2, 0.25) is 9.04 Å². The van der Waals surface area contributed by atoms with Gasteiger partial charge >= 0.3 is 0 Å². The summed E-state index contributed by atoms with van der Waals surface area (Å²) in [5, 5.41) is 0. The minimum atomic E-state index is -1.14. The summed E-state index contributed by atoms with van der Waals surface area (Å²) < 4.78 is 5.95. The van der Waals surface area contributed by atoms with Gasteiger partial charge in [0.05, 0.1) is 12.0 Å². The van der Waals surface area contributed by atoms with Gasteiger partial charge in [0.25, 0.3) is 0 Å². The molecule has 0 radical (unpaired) electrons. The van der Waals surface area contributed by atoms with Gasteiger partial charge in [0.15, 0.2) is 0 Å². The molecule has 0 aliphatic carbocycles. The maximum atomic E-state index is 5.95. The Morgan fingerprint density at radius 2 is 2.16 bits per heavy atom. The molecule has 0 amide bonds. The molecule has 100 valence electrons. The van der Waals surface area contributed by atoms with E-state index in [4.69, 9.17) is 4.43 Å². The molecule has 0 unspecified atom stereocenters. The molecule has 0 aliphatic heterocycles. The zero-order valence-electron chi connectivity index (χ0n) is 11.8. The first-order chi connectivity index (χ1) is 9.08. The standard InChI is InChI=1S/C14H19N3OSi/c1-10-6-5-7-13(18-19(3)4)14(10)17-11(2)12-8-15-9-16-12/h5-9,19H,1-4H3,(H,15,16). The zero-order valence-corrected chi connectivity index (χ0v) is 12.9. The fourth-order valence-corrected chi connectivity index (χ4v) is 2.51. The van der Waals surface area contributed by atoms with Crippen LogP contribution in [-0.4, -0.2) is 24.7 Å². The van der Waals surface area contributed by atoms with E-state index in [0.29, 0.717) is 0 Å². The molecule has 19 heavy (non-hydrogen) atoms. The molecule has 1 heterocycles. The van der Waals surface area contributed by atoms with E-state index in [1.165, 1.54) is 0 Å². The van der Waals surface area contributed by atoms with Gasteiger partial charge in [-0.1, -0.05) is 12.1 Å². The van der Waals surface area contributed by atoms with Crippen molar-refractivity contribution in [2.24, 2.45) is 4.99 Å². The van der Waals surface area contributed by atoms with E-state index in [-0.39, 0.29) is 0 Å². The molecule has 0 saturated heterocycles. The molecule has 0 aliphatic rings. The van der Waals surface area contributed by atoms with Gasteiger partial charge < -0.3 is 9.41 Å². The molecule has 5 heteroatoms. The number of nitrogens with zero attached hydrogens (tertiary/aromatic N) is 2. The van der Waals surface area contributed by atoms with E-state index in [1.807, 2.05) is 38.2 Å². The Labute approximate surface area is 115 Å². The highest BCUT2D eigenvalue weighted by Gasteiger charge is 2.09. The zero-order chi connectivity index (χ0) is 13.8. The summed E-state index contributed by atoms with van der Waals surface area (Å²) in [6.45, 7) is 8.30. The number of hydrogen-bond acceptors (Lipinski definition) is 3. The molecular formula is C14H19N3OSi. The predicted octanol–water partition coefficient (Wildman–Crippen LogP) is 3.22. The van der Waals surface area contributed by atoms with Crippen LogP contribution in [0.3, 0.4) is 0 Å². The molecule has 0 spiro atoms. The van der Waals surface area contributed by atoms with Crippen LogP contribution in [0.25, 0.3) is 0 Å². The number of benzene rings is 1. The summed E-state index contributed by atoms with van der Waals surface area (Å²) in [6.07, 6.45) is 3.50. The van der Waals surface area contributed by atoms with Crippen LogP contribution in [0.4, 0.5) is 5.69 Å². The van der Waals surface area contributed by atoms with Crippen molar-refractivity contribution in [3.05, 3.63) is 42.0 Å². The lowest BCUT2D eigenvalue weighted by Crippen LogP contribution is -2.11. The second-order valence-corrected chi connectivity index (χ2v) is 7.07. The van der Waals surface area contributed by atoms with Crippen LogP contribution in [0.15, 0.2) is 35.7 Å². The molecule has 0 saturated carbocycles. The number of nitrogens with one attached hydrogen (secondary N) is 1. The Kier molecular flexibility index (Phi) is 4.16. The topological polar surface area (TPSA) is 50.3 Å². The van der Waals surface area contributed by atoms with E-state index in [1.54, 1.807) is 6.33 Å². The minimum absolute atomic E-state index is 0.857. The van der Waals surface area contributed by atoms with Crippen LogP contribution in [0.5, 0.6) is 5.75 Å². The van der Waals surface area contributed by atoms with Crippen LogP contribution >= 0.6 is 0 Å². The molecule has 2 rings (SSSR count). The van der Waals surface area contributed by atoms with E-state index < -0.39 is 9.04 Å². The number of hydrogen-bond donors (Lipinski definition) is 1. The summed E-state index contributed by atoms with van der Waals surface area (Å²) in [5.74, 6) is 0.872. The molecule has 0 fully saturated rings. The number of H-pyrrole nitrogens is 1. The fourth-order valence-electron chi connectivity index (χ4n) is 1.81. The smallest absolute Gasteiger partial charge is 0.229 e. The Bertz CT molecular complexity index is 576. The molecule has 2 aromatic rings. The lowest BCUT2D eigenvalue weighted by atomic mass is 10.2. The van der Waals surface area contributed by atoms with Gasteiger partial charge in [-0.3, -0.25) is 0 Å². The molecular weight excluding hydrogens is 254 g/mol. The van der Waals surface area contributed by atoms with Gasteiger partial charge in [0.1, 0.15) is 17.1 Å². The maximum Gasteiger partial charge on any atom is 0.229 e. The molecule has 4 nitrogen and oxygen atoms in total. The van der Waals surface area contributed by atoms with Crippen molar-refractivity contribution in [1.82, 2.24) is 9.97 Å². The molecule has 1 N–H and O–H groups in total. The van der Waals surface area contributed by atoms with E-state index >= 15 is 0 Å². The molecule has 0 atom stereocenters. The van der Waals surface area contributed by atoms with Crippen molar-refractivity contribution in [2.75, 3.05) is 0 Å². The number of aliphatic imine (C=N–C) groups is 1. The normalized spacial score (nSPS) is 11.9. The SMILES string of the molecule is CC(=Nc1c(C)cccc1O[SiH](C)C)c1c[nH]cn1. The quantitative estimate of drug-likeness (QED) is 0.687. The van der Waals surface area contributed by atoms with Crippen molar-refractivity contribution in [3.63, 3.8) is 0 Å². The summed E-state index contributed by atoms with van der Waals surface area (Å²) >= 11 is 0. The second-order valence-electron chi connectivity index (χ2n) is 4.74. The Morgan fingerprint density at radius 1 is 1.37 bits per heavy atom.